The number of allylic oxidation sites excluding steroid dienone is 1. The Morgan fingerprint density at radius 1 is 1.13 bits per heavy atom. The number of hydrogen-bond donors (Lipinski definition) is 1. The lowest BCUT2D eigenvalue weighted by Gasteiger charge is -2.16. The monoisotopic (exact) mass is 466 g/mol. The highest BCUT2D eigenvalue weighted by molar-refractivity contribution is 9.10. The minimum Gasteiger partial charge on any atom is -0.457 e. The molecular weight excluding hydrogens is 452 g/mol. The molecule has 0 saturated carbocycles. The topological polar surface area (TPSA) is 102 Å². The van der Waals surface area contributed by atoms with Gasteiger partial charge < -0.3 is 9.73 Å². The van der Waals surface area contributed by atoms with E-state index in [1.807, 2.05) is 0 Å². The first-order chi connectivity index (χ1) is 14.4. The Bertz CT molecular complexity index is 1210. The standard InChI is InChI=1S/C22H15BrN2O5/c23-18-12-15(25(28)29)3-6-17(18)21-9-5-16(30-21)4-8-20(26)14-1-7-19-13(11-14)2-10-22(27)24-19/h1,3-9,11-12H,2,10H2,(H,24,27)/b8-4+. The number of nitro groups is 1. The van der Waals surface area contributed by atoms with Gasteiger partial charge in [-0.15, -0.1) is 0 Å². The number of nitrogens with one attached hydrogen (secondary N) is 1. The molecule has 30 heavy (non-hydrogen) atoms. The van der Waals surface area contributed by atoms with Crippen LogP contribution in [-0.2, 0) is 11.2 Å². The molecule has 3 aromatic rings. The van der Waals surface area contributed by atoms with Gasteiger partial charge in [-0.2, -0.15) is 0 Å². The van der Waals surface area contributed by atoms with Crippen LogP contribution in [0, 0.1) is 10.1 Å². The number of carbonyl (C=O) groups excluding carboxylic acids is 2. The zero-order valence-electron chi connectivity index (χ0n) is 15.6. The molecule has 1 amide bonds. The van der Waals surface area contributed by atoms with Crippen LogP contribution < -0.4 is 5.32 Å². The highest BCUT2D eigenvalue weighted by Crippen LogP contribution is 2.33. The molecule has 2 heterocycles. The van der Waals surface area contributed by atoms with E-state index < -0.39 is 4.92 Å². The van der Waals surface area contributed by atoms with Crippen LogP contribution in [0.5, 0.6) is 0 Å². The fourth-order valence-electron chi connectivity index (χ4n) is 3.20. The third-order valence-corrected chi connectivity index (χ3v) is 5.40. The number of ketones is 1. The van der Waals surface area contributed by atoms with Crippen molar-refractivity contribution in [2.75, 3.05) is 5.32 Å². The van der Waals surface area contributed by atoms with E-state index in [9.17, 15) is 19.7 Å². The van der Waals surface area contributed by atoms with Crippen molar-refractivity contribution >= 4 is 45.1 Å². The van der Waals surface area contributed by atoms with E-state index in [1.54, 1.807) is 42.5 Å². The lowest BCUT2D eigenvalue weighted by Crippen LogP contribution is -2.19. The van der Waals surface area contributed by atoms with Gasteiger partial charge in [0.15, 0.2) is 5.78 Å². The average molecular weight is 467 g/mol. The van der Waals surface area contributed by atoms with Gasteiger partial charge in [-0.05, 0) is 76.5 Å². The number of nitro benzene ring substituents is 1. The van der Waals surface area contributed by atoms with Crippen LogP contribution in [0.2, 0.25) is 0 Å². The molecule has 0 atom stereocenters. The molecule has 0 saturated heterocycles. The van der Waals surface area contributed by atoms with Gasteiger partial charge in [-0.3, -0.25) is 19.7 Å². The van der Waals surface area contributed by atoms with Crippen molar-refractivity contribution in [3.8, 4) is 11.3 Å². The number of hydrogen-bond acceptors (Lipinski definition) is 5. The van der Waals surface area contributed by atoms with Crippen LogP contribution >= 0.6 is 15.9 Å². The Balaban J connectivity index is 1.50. The number of amides is 1. The molecule has 1 aliphatic heterocycles. The van der Waals surface area contributed by atoms with E-state index in [1.165, 1.54) is 18.2 Å². The fourth-order valence-corrected chi connectivity index (χ4v) is 3.76. The highest BCUT2D eigenvalue weighted by atomic mass is 79.9. The summed E-state index contributed by atoms with van der Waals surface area (Å²) in [5.74, 6) is 0.807. The molecule has 0 spiro atoms. The summed E-state index contributed by atoms with van der Waals surface area (Å²) in [6.45, 7) is 0. The van der Waals surface area contributed by atoms with Gasteiger partial charge >= 0.3 is 0 Å². The van der Waals surface area contributed by atoms with Crippen molar-refractivity contribution in [3.05, 3.63) is 86.1 Å². The smallest absolute Gasteiger partial charge is 0.270 e. The molecule has 0 bridgehead atoms. The molecule has 150 valence electrons. The fraction of sp³-hybridized carbons (Fsp3) is 0.0909. The van der Waals surface area contributed by atoms with Crippen LogP contribution in [0.15, 0.2) is 63.5 Å². The predicted octanol–water partition coefficient (Wildman–Crippen LogP) is 5.40. The summed E-state index contributed by atoms with van der Waals surface area (Å²) in [7, 11) is 0. The number of anilines is 1. The lowest BCUT2D eigenvalue weighted by molar-refractivity contribution is -0.384. The van der Waals surface area contributed by atoms with Crippen molar-refractivity contribution in [2.24, 2.45) is 0 Å². The molecule has 2 aromatic carbocycles. The van der Waals surface area contributed by atoms with E-state index >= 15 is 0 Å². The second kappa shape index (κ2) is 8.08. The number of fused-ring (bicyclic) bond motifs is 1. The summed E-state index contributed by atoms with van der Waals surface area (Å²) in [4.78, 5) is 34.4. The molecular formula is C22H15BrN2O5. The third-order valence-electron chi connectivity index (χ3n) is 4.74. The van der Waals surface area contributed by atoms with E-state index in [2.05, 4.69) is 21.2 Å². The number of halogens is 1. The van der Waals surface area contributed by atoms with Crippen molar-refractivity contribution < 1.29 is 18.9 Å². The molecule has 4 rings (SSSR count). The van der Waals surface area contributed by atoms with Crippen LogP contribution in [0.4, 0.5) is 11.4 Å². The average Bonchev–Trinajstić information content (AvgIpc) is 3.20. The van der Waals surface area contributed by atoms with Crippen LogP contribution in [-0.4, -0.2) is 16.6 Å². The zero-order chi connectivity index (χ0) is 21.3. The van der Waals surface area contributed by atoms with Gasteiger partial charge in [0, 0.05) is 39.8 Å². The summed E-state index contributed by atoms with van der Waals surface area (Å²) in [6.07, 6.45) is 4.02. The van der Waals surface area contributed by atoms with Crippen LogP contribution in [0.1, 0.15) is 28.1 Å². The molecule has 0 fully saturated rings. The van der Waals surface area contributed by atoms with Crippen LogP contribution in [0.25, 0.3) is 17.4 Å². The Kier molecular flexibility index (Phi) is 5.33. The van der Waals surface area contributed by atoms with Gasteiger partial charge in [-0.1, -0.05) is 0 Å². The SMILES string of the molecule is O=C1CCc2cc(C(=O)/C=C/c3ccc(-c4ccc([N+](=O)[O-])cc4Br)o3)ccc2N1. The summed E-state index contributed by atoms with van der Waals surface area (Å²) in [5.41, 5.74) is 2.87. The minimum atomic E-state index is -0.467. The molecule has 8 heteroatoms. The van der Waals surface area contributed by atoms with Gasteiger partial charge in [0.05, 0.1) is 4.92 Å². The molecule has 1 aliphatic rings. The largest absolute Gasteiger partial charge is 0.457 e. The van der Waals surface area contributed by atoms with Crippen molar-refractivity contribution in [3.63, 3.8) is 0 Å². The van der Waals surface area contributed by atoms with E-state index in [0.717, 1.165) is 11.3 Å². The summed E-state index contributed by atoms with van der Waals surface area (Å²) in [5, 5.41) is 13.7. The zero-order valence-corrected chi connectivity index (χ0v) is 17.1. The summed E-state index contributed by atoms with van der Waals surface area (Å²) in [6, 6.07) is 13.1. The molecule has 1 aromatic heterocycles. The lowest BCUT2D eigenvalue weighted by atomic mass is 9.98. The summed E-state index contributed by atoms with van der Waals surface area (Å²) >= 11 is 3.33. The number of non-ortho nitro benzene ring substituents is 1. The Labute approximate surface area is 179 Å². The minimum absolute atomic E-state index is 0.0187. The maximum absolute atomic E-state index is 12.5. The first kappa shape index (κ1) is 19.8. The van der Waals surface area contributed by atoms with Gasteiger partial charge in [-0.25, -0.2) is 0 Å². The normalized spacial score (nSPS) is 13.2. The third kappa shape index (κ3) is 4.08. The van der Waals surface area contributed by atoms with Crippen molar-refractivity contribution in [2.45, 2.75) is 12.8 Å². The Morgan fingerprint density at radius 3 is 2.73 bits per heavy atom. The summed E-state index contributed by atoms with van der Waals surface area (Å²) < 4.78 is 6.29. The highest BCUT2D eigenvalue weighted by Gasteiger charge is 2.16. The molecule has 1 N–H and O–H groups in total. The molecule has 0 aliphatic carbocycles. The Hall–Kier alpha value is -3.52. The predicted molar refractivity (Wildman–Crippen MR) is 115 cm³/mol. The maximum atomic E-state index is 12.5. The van der Waals surface area contributed by atoms with Gasteiger partial charge in [0.25, 0.3) is 5.69 Å². The number of rotatable bonds is 5. The molecule has 7 nitrogen and oxygen atoms in total. The maximum Gasteiger partial charge on any atom is 0.270 e. The van der Waals surface area contributed by atoms with Crippen LogP contribution in [0.3, 0.4) is 0 Å². The van der Waals surface area contributed by atoms with E-state index in [-0.39, 0.29) is 17.4 Å². The van der Waals surface area contributed by atoms with Crippen molar-refractivity contribution in [1.82, 2.24) is 0 Å². The quantitative estimate of drug-likeness (QED) is 0.234. The van der Waals surface area contributed by atoms with Gasteiger partial charge in [0.1, 0.15) is 11.5 Å². The first-order valence-corrected chi connectivity index (χ1v) is 9.89. The number of nitrogens with zero attached hydrogens (tertiary/aromatic N) is 1. The number of aryl methyl sites for hydroxylation is 1. The first-order valence-electron chi connectivity index (χ1n) is 9.10. The number of carbonyl (C=O) groups is 2. The Morgan fingerprint density at radius 2 is 1.97 bits per heavy atom. The second-order valence-electron chi connectivity index (χ2n) is 6.74. The molecule has 0 radical (unpaired) electrons. The van der Waals surface area contributed by atoms with E-state index in [4.69, 9.17) is 4.42 Å². The van der Waals surface area contributed by atoms with Crippen molar-refractivity contribution in [1.29, 1.82) is 0 Å². The van der Waals surface area contributed by atoms with Gasteiger partial charge in [0.2, 0.25) is 5.91 Å². The number of benzene rings is 2. The molecule has 0 unspecified atom stereocenters. The second-order valence-corrected chi connectivity index (χ2v) is 7.60. The number of furan rings is 1. The van der Waals surface area contributed by atoms with E-state index in [0.29, 0.717) is 40.0 Å².